The van der Waals surface area contributed by atoms with Gasteiger partial charge in [-0.1, -0.05) is 6.92 Å². The summed E-state index contributed by atoms with van der Waals surface area (Å²) in [6.07, 6.45) is 0.0801. The summed E-state index contributed by atoms with van der Waals surface area (Å²) in [5.74, 6) is 0.890. The van der Waals surface area contributed by atoms with Crippen molar-refractivity contribution in [1.29, 1.82) is 0 Å². The van der Waals surface area contributed by atoms with E-state index in [-0.39, 0.29) is 12.6 Å². The average molecular weight is 235 g/mol. The van der Waals surface area contributed by atoms with Crippen molar-refractivity contribution in [2.24, 2.45) is 0 Å². The van der Waals surface area contributed by atoms with Gasteiger partial charge in [-0.15, -0.1) is 0 Å². The zero-order valence-electron chi connectivity index (χ0n) is 9.38. The smallest absolute Gasteiger partial charge is 0.331 e. The Morgan fingerprint density at radius 2 is 2.19 bits per heavy atom. The lowest BCUT2D eigenvalue weighted by atomic mass is 10.3. The Morgan fingerprint density at radius 3 is 2.75 bits per heavy atom. The van der Waals surface area contributed by atoms with E-state index >= 15 is 0 Å². The van der Waals surface area contributed by atoms with Crippen molar-refractivity contribution < 1.29 is 13.2 Å². The molecule has 1 aromatic heterocycles. The fourth-order valence-electron chi connectivity index (χ4n) is 1.54. The highest BCUT2D eigenvalue weighted by atomic mass is 19.4. The highest BCUT2D eigenvalue weighted by molar-refractivity contribution is 4.94. The van der Waals surface area contributed by atoms with Gasteiger partial charge in [0, 0.05) is 31.4 Å². The summed E-state index contributed by atoms with van der Waals surface area (Å²) in [6, 6.07) is -0.0280. The van der Waals surface area contributed by atoms with E-state index in [9.17, 15) is 13.2 Å². The van der Waals surface area contributed by atoms with Crippen LogP contribution in [-0.2, 0) is 6.42 Å². The van der Waals surface area contributed by atoms with Crippen LogP contribution in [-0.4, -0.2) is 28.8 Å². The van der Waals surface area contributed by atoms with Crippen LogP contribution in [0.25, 0.3) is 0 Å². The Morgan fingerprint density at radius 1 is 1.50 bits per heavy atom. The van der Waals surface area contributed by atoms with Gasteiger partial charge in [0.1, 0.15) is 5.82 Å². The van der Waals surface area contributed by atoms with Crippen LogP contribution in [0.1, 0.15) is 25.7 Å². The molecule has 0 saturated heterocycles. The number of nitrogens with zero attached hydrogens (tertiary/aromatic N) is 2. The zero-order valence-corrected chi connectivity index (χ0v) is 9.38. The lowest BCUT2D eigenvalue weighted by Gasteiger charge is -2.17. The van der Waals surface area contributed by atoms with E-state index in [1.54, 1.807) is 12.4 Å². The van der Waals surface area contributed by atoms with Crippen molar-refractivity contribution in [3.63, 3.8) is 0 Å². The molecule has 3 nitrogen and oxygen atoms in total. The largest absolute Gasteiger partial charge is 0.401 e. The first-order valence-electron chi connectivity index (χ1n) is 5.23. The van der Waals surface area contributed by atoms with Crippen molar-refractivity contribution in [2.45, 2.75) is 32.5 Å². The van der Waals surface area contributed by atoms with E-state index in [0.717, 1.165) is 12.2 Å². The van der Waals surface area contributed by atoms with Gasteiger partial charge in [-0.3, -0.25) is 0 Å². The minimum absolute atomic E-state index is 0.0280. The van der Waals surface area contributed by atoms with Gasteiger partial charge >= 0.3 is 6.18 Å². The second-order valence-corrected chi connectivity index (χ2v) is 3.70. The maximum atomic E-state index is 11.9. The normalized spacial score (nSPS) is 14.1. The van der Waals surface area contributed by atoms with Crippen LogP contribution in [0.3, 0.4) is 0 Å². The van der Waals surface area contributed by atoms with Crippen LogP contribution in [0, 0.1) is 0 Å². The summed E-state index contributed by atoms with van der Waals surface area (Å²) >= 11 is 0. The molecule has 0 radical (unpaired) electrons. The van der Waals surface area contributed by atoms with Gasteiger partial charge in [0.15, 0.2) is 0 Å². The lowest BCUT2D eigenvalue weighted by Crippen LogP contribution is -2.32. The summed E-state index contributed by atoms with van der Waals surface area (Å²) in [4.78, 5) is 4.13. The summed E-state index contributed by atoms with van der Waals surface area (Å²) in [7, 11) is 0. The Labute approximate surface area is 92.7 Å². The quantitative estimate of drug-likeness (QED) is 0.847. The highest BCUT2D eigenvalue weighted by Crippen LogP contribution is 2.13. The third-order valence-corrected chi connectivity index (χ3v) is 2.31. The first kappa shape index (κ1) is 13.0. The third kappa shape index (κ3) is 3.84. The molecule has 0 saturated carbocycles. The predicted octanol–water partition coefficient (Wildman–Crippen LogP) is 2.16. The summed E-state index contributed by atoms with van der Waals surface area (Å²) < 4.78 is 37.6. The van der Waals surface area contributed by atoms with Crippen LogP contribution >= 0.6 is 0 Å². The highest BCUT2D eigenvalue weighted by Gasteiger charge is 2.26. The maximum absolute atomic E-state index is 11.9. The van der Waals surface area contributed by atoms with Crippen molar-refractivity contribution in [3.05, 3.63) is 18.2 Å². The SMILES string of the molecule is CCc1nccn1C(C)CNCC(F)(F)F. The standard InChI is InChI=1S/C10H16F3N3/c1-3-9-15-4-5-16(9)8(2)6-14-7-10(11,12)13/h4-5,8,14H,3,6-7H2,1-2H3. The van der Waals surface area contributed by atoms with E-state index in [1.807, 2.05) is 18.4 Å². The number of nitrogens with one attached hydrogen (secondary N) is 1. The maximum Gasteiger partial charge on any atom is 0.401 e. The van der Waals surface area contributed by atoms with Crippen LogP contribution in [0.15, 0.2) is 12.4 Å². The molecule has 1 rings (SSSR count). The lowest BCUT2D eigenvalue weighted by molar-refractivity contribution is -0.124. The fraction of sp³-hybridized carbons (Fsp3) is 0.700. The Balaban J connectivity index is 2.44. The summed E-state index contributed by atoms with van der Waals surface area (Å²) in [6.45, 7) is 3.16. The Hall–Kier alpha value is -1.04. The second-order valence-electron chi connectivity index (χ2n) is 3.70. The molecule has 0 aliphatic heterocycles. The van der Waals surface area contributed by atoms with Crippen molar-refractivity contribution in [1.82, 2.24) is 14.9 Å². The van der Waals surface area contributed by atoms with Gasteiger partial charge in [0.2, 0.25) is 0 Å². The van der Waals surface area contributed by atoms with E-state index in [2.05, 4.69) is 10.3 Å². The van der Waals surface area contributed by atoms with E-state index in [1.165, 1.54) is 0 Å². The van der Waals surface area contributed by atoms with Crippen LogP contribution in [0.4, 0.5) is 13.2 Å². The minimum atomic E-state index is -4.15. The second kappa shape index (κ2) is 5.34. The number of aryl methyl sites for hydroxylation is 1. The predicted molar refractivity (Wildman–Crippen MR) is 55.2 cm³/mol. The van der Waals surface area contributed by atoms with Crippen LogP contribution in [0.5, 0.6) is 0 Å². The van der Waals surface area contributed by atoms with Gasteiger partial charge in [0.25, 0.3) is 0 Å². The molecule has 1 unspecified atom stereocenters. The topological polar surface area (TPSA) is 29.9 Å². The van der Waals surface area contributed by atoms with Crippen LogP contribution in [0.2, 0.25) is 0 Å². The van der Waals surface area contributed by atoms with Gasteiger partial charge in [-0.25, -0.2) is 4.98 Å². The molecule has 6 heteroatoms. The Bertz CT molecular complexity index is 319. The van der Waals surface area contributed by atoms with Gasteiger partial charge in [-0.05, 0) is 6.92 Å². The number of aromatic nitrogens is 2. The van der Waals surface area contributed by atoms with E-state index in [4.69, 9.17) is 0 Å². The van der Waals surface area contributed by atoms with Gasteiger partial charge in [-0.2, -0.15) is 13.2 Å². The van der Waals surface area contributed by atoms with Crippen LogP contribution < -0.4 is 5.32 Å². The molecule has 0 amide bonds. The molecule has 16 heavy (non-hydrogen) atoms. The number of hydrogen-bond donors (Lipinski definition) is 1. The zero-order chi connectivity index (χ0) is 12.2. The first-order valence-corrected chi connectivity index (χ1v) is 5.23. The monoisotopic (exact) mass is 235 g/mol. The van der Waals surface area contributed by atoms with E-state index in [0.29, 0.717) is 0 Å². The van der Waals surface area contributed by atoms with Gasteiger partial charge < -0.3 is 9.88 Å². The average Bonchev–Trinajstić information content (AvgIpc) is 2.63. The number of rotatable bonds is 5. The molecule has 0 aromatic carbocycles. The molecule has 0 aliphatic carbocycles. The summed E-state index contributed by atoms with van der Waals surface area (Å²) in [5.41, 5.74) is 0. The molecular weight excluding hydrogens is 219 g/mol. The molecule has 0 bridgehead atoms. The van der Waals surface area contributed by atoms with Crippen molar-refractivity contribution in [2.75, 3.05) is 13.1 Å². The van der Waals surface area contributed by atoms with Crippen molar-refractivity contribution >= 4 is 0 Å². The van der Waals surface area contributed by atoms with E-state index < -0.39 is 12.7 Å². The number of imidazole rings is 1. The molecule has 1 N–H and O–H groups in total. The molecular formula is C10H16F3N3. The molecule has 1 aromatic rings. The number of alkyl halides is 3. The molecule has 92 valence electrons. The molecule has 1 heterocycles. The molecule has 0 fully saturated rings. The third-order valence-electron chi connectivity index (χ3n) is 2.31. The minimum Gasteiger partial charge on any atom is -0.331 e. The Kier molecular flexibility index (Phi) is 4.35. The van der Waals surface area contributed by atoms with Crippen molar-refractivity contribution in [3.8, 4) is 0 Å². The number of hydrogen-bond acceptors (Lipinski definition) is 2. The molecule has 1 atom stereocenters. The summed E-state index contributed by atoms with van der Waals surface area (Å²) in [5, 5.41) is 2.39. The first-order chi connectivity index (χ1) is 7.44. The fourth-order valence-corrected chi connectivity index (χ4v) is 1.54. The number of halogens is 3. The van der Waals surface area contributed by atoms with Gasteiger partial charge in [0.05, 0.1) is 6.54 Å². The molecule has 0 aliphatic rings. The molecule has 0 spiro atoms.